The number of rotatable bonds is 7. The molecule has 0 saturated carbocycles. The van der Waals surface area contributed by atoms with Crippen molar-refractivity contribution in [3.05, 3.63) is 29.6 Å². The number of methoxy groups -OCH3 is 1. The zero-order valence-electron chi connectivity index (χ0n) is 11.3. The first-order chi connectivity index (χ1) is 9.84. The number of amides is 1. The van der Waals surface area contributed by atoms with Crippen LogP contribution in [0.3, 0.4) is 0 Å². The summed E-state index contributed by atoms with van der Waals surface area (Å²) >= 11 is 0. The molecule has 0 saturated heterocycles. The van der Waals surface area contributed by atoms with Gasteiger partial charge in [-0.2, -0.15) is 13.2 Å². The standard InChI is InChI=1S/C13H15F4NO3/c1-20-6-7-21-5-4-12(19)18-11-8-9(13(15,16)17)2-3-10(11)14/h2-3,8H,4-7H2,1H3,(H,18,19). The summed E-state index contributed by atoms with van der Waals surface area (Å²) in [4.78, 5) is 11.5. The highest BCUT2D eigenvalue weighted by atomic mass is 19.4. The summed E-state index contributed by atoms with van der Waals surface area (Å²) in [6.07, 6.45) is -4.70. The second-order valence-corrected chi connectivity index (χ2v) is 4.10. The number of carbonyl (C=O) groups is 1. The van der Waals surface area contributed by atoms with E-state index >= 15 is 0 Å². The monoisotopic (exact) mass is 309 g/mol. The Kier molecular flexibility index (Phi) is 6.57. The van der Waals surface area contributed by atoms with Gasteiger partial charge in [0.05, 0.1) is 37.5 Å². The van der Waals surface area contributed by atoms with Gasteiger partial charge in [-0.25, -0.2) is 4.39 Å². The van der Waals surface area contributed by atoms with E-state index in [1.54, 1.807) is 0 Å². The lowest BCUT2D eigenvalue weighted by molar-refractivity contribution is -0.137. The second kappa shape index (κ2) is 7.94. The number of benzene rings is 1. The summed E-state index contributed by atoms with van der Waals surface area (Å²) in [6, 6.07) is 1.82. The van der Waals surface area contributed by atoms with Gasteiger partial charge in [-0.3, -0.25) is 4.79 Å². The number of nitrogens with one attached hydrogen (secondary N) is 1. The van der Waals surface area contributed by atoms with E-state index in [9.17, 15) is 22.4 Å². The van der Waals surface area contributed by atoms with Gasteiger partial charge in [0, 0.05) is 7.11 Å². The topological polar surface area (TPSA) is 47.6 Å². The largest absolute Gasteiger partial charge is 0.416 e. The smallest absolute Gasteiger partial charge is 0.382 e. The van der Waals surface area contributed by atoms with Crippen LogP contribution in [-0.4, -0.2) is 32.8 Å². The maximum Gasteiger partial charge on any atom is 0.416 e. The maximum atomic E-state index is 13.4. The molecule has 0 fully saturated rings. The van der Waals surface area contributed by atoms with E-state index in [0.717, 1.165) is 0 Å². The van der Waals surface area contributed by atoms with E-state index in [-0.39, 0.29) is 13.0 Å². The third-order valence-corrected chi connectivity index (χ3v) is 2.47. The average Bonchev–Trinajstić information content (AvgIpc) is 2.40. The van der Waals surface area contributed by atoms with Crippen molar-refractivity contribution in [2.24, 2.45) is 0 Å². The number of ether oxygens (including phenoxy) is 2. The van der Waals surface area contributed by atoms with Crippen LogP contribution >= 0.6 is 0 Å². The molecule has 21 heavy (non-hydrogen) atoms. The van der Waals surface area contributed by atoms with Crippen LogP contribution in [-0.2, 0) is 20.4 Å². The first-order valence-corrected chi connectivity index (χ1v) is 6.08. The molecule has 118 valence electrons. The van der Waals surface area contributed by atoms with Gasteiger partial charge in [0.1, 0.15) is 5.82 Å². The molecule has 1 rings (SSSR count). The first kappa shape index (κ1) is 17.4. The summed E-state index contributed by atoms with van der Waals surface area (Å²) < 4.78 is 60.6. The number of alkyl halides is 3. The minimum Gasteiger partial charge on any atom is -0.382 e. The highest BCUT2D eigenvalue weighted by Crippen LogP contribution is 2.31. The van der Waals surface area contributed by atoms with Crippen molar-refractivity contribution in [2.45, 2.75) is 12.6 Å². The van der Waals surface area contributed by atoms with Gasteiger partial charge in [-0.05, 0) is 18.2 Å². The molecular formula is C13H15F4NO3. The number of hydrogen-bond acceptors (Lipinski definition) is 3. The average molecular weight is 309 g/mol. The Morgan fingerprint density at radius 1 is 1.24 bits per heavy atom. The summed E-state index contributed by atoms with van der Waals surface area (Å²) in [7, 11) is 1.49. The van der Waals surface area contributed by atoms with Crippen molar-refractivity contribution in [2.75, 3.05) is 32.2 Å². The molecule has 0 aromatic heterocycles. The molecule has 1 aromatic rings. The van der Waals surface area contributed by atoms with Gasteiger partial charge in [-0.1, -0.05) is 0 Å². The summed E-state index contributed by atoms with van der Waals surface area (Å²) in [5.41, 5.74) is -1.54. The van der Waals surface area contributed by atoms with Crippen LogP contribution in [0.25, 0.3) is 0 Å². The van der Waals surface area contributed by atoms with Crippen molar-refractivity contribution < 1.29 is 31.8 Å². The van der Waals surface area contributed by atoms with E-state index in [4.69, 9.17) is 9.47 Å². The number of carbonyl (C=O) groups excluding carboxylic acids is 1. The Bertz CT molecular complexity index is 477. The second-order valence-electron chi connectivity index (χ2n) is 4.10. The molecule has 0 aliphatic carbocycles. The molecule has 4 nitrogen and oxygen atoms in total. The first-order valence-electron chi connectivity index (χ1n) is 6.08. The predicted octanol–water partition coefficient (Wildman–Crippen LogP) is 2.84. The Labute approximate surface area is 119 Å². The third kappa shape index (κ3) is 6.09. The lowest BCUT2D eigenvalue weighted by Gasteiger charge is -2.11. The minimum atomic E-state index is -4.60. The fourth-order valence-electron chi connectivity index (χ4n) is 1.42. The SMILES string of the molecule is COCCOCCC(=O)Nc1cc(C(F)(F)F)ccc1F. The molecule has 0 bridgehead atoms. The molecule has 1 N–H and O–H groups in total. The summed E-state index contributed by atoms with van der Waals surface area (Å²) in [5, 5.41) is 2.09. The van der Waals surface area contributed by atoms with Crippen molar-refractivity contribution in [1.29, 1.82) is 0 Å². The molecule has 0 heterocycles. The van der Waals surface area contributed by atoms with Crippen LogP contribution in [0.5, 0.6) is 0 Å². The van der Waals surface area contributed by atoms with Crippen LogP contribution in [0.4, 0.5) is 23.2 Å². The quantitative estimate of drug-likeness (QED) is 0.622. The summed E-state index contributed by atoms with van der Waals surface area (Å²) in [5.74, 6) is -1.57. The van der Waals surface area contributed by atoms with Crippen LogP contribution in [0.2, 0.25) is 0 Å². The number of hydrogen-bond donors (Lipinski definition) is 1. The van der Waals surface area contributed by atoms with Crippen LogP contribution in [0.15, 0.2) is 18.2 Å². The normalized spacial score (nSPS) is 11.5. The van der Waals surface area contributed by atoms with Crippen LogP contribution in [0, 0.1) is 5.82 Å². The Hall–Kier alpha value is -1.67. The zero-order valence-corrected chi connectivity index (χ0v) is 11.3. The third-order valence-electron chi connectivity index (χ3n) is 2.47. The number of halogens is 4. The van der Waals surface area contributed by atoms with E-state index in [2.05, 4.69) is 5.32 Å². The lowest BCUT2D eigenvalue weighted by atomic mass is 10.2. The van der Waals surface area contributed by atoms with Gasteiger partial charge in [0.2, 0.25) is 5.91 Å². The maximum absolute atomic E-state index is 13.4. The highest BCUT2D eigenvalue weighted by molar-refractivity contribution is 5.91. The van der Waals surface area contributed by atoms with Crippen LogP contribution < -0.4 is 5.32 Å². The molecular weight excluding hydrogens is 294 g/mol. The molecule has 0 radical (unpaired) electrons. The van der Waals surface area contributed by atoms with E-state index in [0.29, 0.717) is 31.4 Å². The van der Waals surface area contributed by atoms with Gasteiger partial charge in [0.25, 0.3) is 0 Å². The molecule has 1 aromatic carbocycles. The van der Waals surface area contributed by atoms with E-state index in [1.165, 1.54) is 7.11 Å². The van der Waals surface area contributed by atoms with Crippen molar-refractivity contribution >= 4 is 11.6 Å². The van der Waals surface area contributed by atoms with Gasteiger partial charge in [-0.15, -0.1) is 0 Å². The van der Waals surface area contributed by atoms with E-state index < -0.39 is 29.2 Å². The Morgan fingerprint density at radius 3 is 2.57 bits per heavy atom. The lowest BCUT2D eigenvalue weighted by Crippen LogP contribution is -2.16. The van der Waals surface area contributed by atoms with Crippen molar-refractivity contribution in [3.63, 3.8) is 0 Å². The van der Waals surface area contributed by atoms with Gasteiger partial charge >= 0.3 is 6.18 Å². The van der Waals surface area contributed by atoms with Crippen molar-refractivity contribution in [3.8, 4) is 0 Å². The van der Waals surface area contributed by atoms with Gasteiger partial charge < -0.3 is 14.8 Å². The summed E-state index contributed by atoms with van der Waals surface area (Å²) in [6.45, 7) is 0.724. The molecule has 0 aliphatic heterocycles. The number of anilines is 1. The minimum absolute atomic E-state index is 0.0653. The fraction of sp³-hybridized carbons (Fsp3) is 0.462. The molecule has 0 aliphatic rings. The molecule has 0 atom stereocenters. The van der Waals surface area contributed by atoms with Gasteiger partial charge in [0.15, 0.2) is 0 Å². The molecule has 0 unspecified atom stereocenters. The molecule has 1 amide bonds. The zero-order chi connectivity index (χ0) is 15.9. The fourth-order valence-corrected chi connectivity index (χ4v) is 1.42. The highest BCUT2D eigenvalue weighted by Gasteiger charge is 2.31. The van der Waals surface area contributed by atoms with E-state index in [1.807, 2.05) is 0 Å². The predicted molar refractivity (Wildman–Crippen MR) is 67.3 cm³/mol. The molecule has 8 heteroatoms. The van der Waals surface area contributed by atoms with Crippen LogP contribution in [0.1, 0.15) is 12.0 Å². The molecule has 0 spiro atoms. The van der Waals surface area contributed by atoms with Crippen molar-refractivity contribution in [1.82, 2.24) is 0 Å². The Morgan fingerprint density at radius 2 is 1.95 bits per heavy atom. The Balaban J connectivity index is 2.55.